The number of hydrogen-bond donors (Lipinski definition) is 2. The number of rotatable bonds is 7. The zero-order chi connectivity index (χ0) is 22.5. The Hall–Kier alpha value is -3.52. The topological polar surface area (TPSA) is 99.4 Å². The van der Waals surface area contributed by atoms with Crippen molar-refractivity contribution in [1.29, 1.82) is 0 Å². The van der Waals surface area contributed by atoms with Crippen LogP contribution in [0.2, 0.25) is 0 Å². The zero-order valence-electron chi connectivity index (χ0n) is 17.2. The number of nitrogens with zero attached hydrogens (tertiary/aromatic N) is 2. The maximum atomic E-state index is 12.7. The first-order valence-electron chi connectivity index (χ1n) is 9.53. The van der Waals surface area contributed by atoms with Crippen molar-refractivity contribution in [2.24, 2.45) is 4.99 Å². The van der Waals surface area contributed by atoms with Gasteiger partial charge in [0, 0.05) is 12.6 Å². The predicted octanol–water partition coefficient (Wildman–Crippen LogP) is 4.45. The molecule has 1 aliphatic rings. The van der Waals surface area contributed by atoms with Gasteiger partial charge < -0.3 is 14.9 Å². The van der Waals surface area contributed by atoms with Gasteiger partial charge in [-0.1, -0.05) is 12.1 Å². The summed E-state index contributed by atoms with van der Waals surface area (Å²) in [5, 5.41) is 20.0. The fraction of sp³-hybridized carbons (Fsp3) is 0.174. The zero-order valence-corrected chi connectivity index (χ0v) is 18.0. The minimum atomic E-state index is -1.04. The van der Waals surface area contributed by atoms with Crippen molar-refractivity contribution in [2.75, 3.05) is 13.7 Å². The second-order valence-corrected chi connectivity index (χ2v) is 7.69. The molecule has 0 aromatic heterocycles. The first-order valence-corrected chi connectivity index (χ1v) is 10.3. The van der Waals surface area contributed by atoms with E-state index in [4.69, 9.17) is 9.84 Å². The number of carbonyl (C=O) groups is 2. The number of likely N-dealkylation sites (N-methyl/N-ethyl adjacent to an activating group) is 1. The highest BCUT2D eigenvalue weighted by Gasteiger charge is 2.30. The third-order valence-corrected chi connectivity index (χ3v) is 5.52. The van der Waals surface area contributed by atoms with E-state index in [1.165, 1.54) is 28.8 Å². The lowest BCUT2D eigenvalue weighted by Gasteiger charge is -2.11. The first kappa shape index (κ1) is 22.2. The van der Waals surface area contributed by atoms with Crippen LogP contribution in [-0.4, -0.2) is 45.8 Å². The van der Waals surface area contributed by atoms with Crippen molar-refractivity contribution in [3.8, 4) is 11.5 Å². The molecule has 8 heteroatoms. The molecule has 0 spiro atoms. The van der Waals surface area contributed by atoms with E-state index >= 15 is 0 Å². The summed E-state index contributed by atoms with van der Waals surface area (Å²) in [6, 6.07) is 9.68. The molecule has 2 aromatic rings. The average molecular weight is 439 g/mol. The first-order chi connectivity index (χ1) is 14.8. The Morgan fingerprint density at radius 1 is 1.32 bits per heavy atom. The van der Waals surface area contributed by atoms with E-state index in [1.54, 1.807) is 43.5 Å². The summed E-state index contributed by atoms with van der Waals surface area (Å²) in [6.07, 6.45) is 3.85. The number of hydrogen-bond acceptors (Lipinski definition) is 6. The second-order valence-electron chi connectivity index (χ2n) is 6.68. The number of phenols is 1. The molecule has 3 rings (SSSR count). The van der Waals surface area contributed by atoms with E-state index in [-0.39, 0.29) is 17.2 Å². The lowest BCUT2D eigenvalue weighted by molar-refractivity contribution is -0.121. The van der Waals surface area contributed by atoms with Crippen LogP contribution in [0.15, 0.2) is 59.0 Å². The van der Waals surface area contributed by atoms with Crippen molar-refractivity contribution < 1.29 is 24.5 Å². The van der Waals surface area contributed by atoms with Gasteiger partial charge in [-0.25, -0.2) is 9.79 Å². The number of thioether (sulfide) groups is 1. The van der Waals surface area contributed by atoms with Crippen LogP contribution in [0.1, 0.15) is 28.4 Å². The molecule has 0 atom stereocenters. The number of aromatic carboxylic acids is 1. The van der Waals surface area contributed by atoms with Crippen LogP contribution in [0, 0.1) is 0 Å². The van der Waals surface area contributed by atoms with Gasteiger partial charge in [0.1, 0.15) is 0 Å². The normalized spacial score (nSPS) is 16.2. The molecule has 2 N–H and O–H groups in total. The largest absolute Gasteiger partial charge is 0.504 e. The monoisotopic (exact) mass is 438 g/mol. The van der Waals surface area contributed by atoms with Gasteiger partial charge in [-0.05, 0) is 67.1 Å². The Morgan fingerprint density at radius 2 is 2.10 bits per heavy atom. The summed E-state index contributed by atoms with van der Waals surface area (Å²) in [5.74, 6) is -0.864. The number of amides is 1. The van der Waals surface area contributed by atoms with Crippen LogP contribution >= 0.6 is 11.8 Å². The Bertz CT molecular complexity index is 1110. The van der Waals surface area contributed by atoms with Crippen LogP contribution in [0.25, 0.3) is 6.08 Å². The fourth-order valence-electron chi connectivity index (χ4n) is 2.97. The second kappa shape index (κ2) is 9.53. The van der Waals surface area contributed by atoms with E-state index in [0.717, 1.165) is 0 Å². The lowest BCUT2D eigenvalue weighted by atomic mass is 10.1. The molecule has 1 aliphatic heterocycles. The smallest absolute Gasteiger partial charge is 0.335 e. The molecule has 0 saturated carbocycles. The minimum absolute atomic E-state index is 0.0620. The number of phenolic OH excluding ortho intramolecular Hbond substituents is 1. The highest BCUT2D eigenvalue weighted by molar-refractivity contribution is 8.18. The number of aromatic hydroxyl groups is 1. The molecule has 1 fully saturated rings. The van der Waals surface area contributed by atoms with Gasteiger partial charge in [0.15, 0.2) is 16.7 Å². The van der Waals surface area contributed by atoms with E-state index in [2.05, 4.69) is 11.6 Å². The molecule has 1 heterocycles. The number of carboxylic acid groups (broad SMARTS) is 1. The molecular weight excluding hydrogens is 416 g/mol. The quantitative estimate of drug-likeness (QED) is 0.489. The highest BCUT2D eigenvalue weighted by Crippen LogP contribution is 2.37. The molecule has 0 aliphatic carbocycles. The number of allylic oxidation sites excluding steroid dienone is 1. The van der Waals surface area contributed by atoms with Gasteiger partial charge in [0.2, 0.25) is 0 Å². The Balaban J connectivity index is 1.95. The van der Waals surface area contributed by atoms with Crippen LogP contribution in [-0.2, 0) is 11.2 Å². The van der Waals surface area contributed by atoms with Crippen molar-refractivity contribution >= 4 is 40.6 Å². The van der Waals surface area contributed by atoms with Gasteiger partial charge in [-0.15, -0.1) is 6.58 Å². The summed E-state index contributed by atoms with van der Waals surface area (Å²) in [5.41, 5.74) is 1.92. The molecule has 0 radical (unpaired) electrons. The van der Waals surface area contributed by atoms with Gasteiger partial charge in [-0.3, -0.25) is 9.69 Å². The highest BCUT2D eigenvalue weighted by atomic mass is 32.2. The van der Waals surface area contributed by atoms with Gasteiger partial charge in [-0.2, -0.15) is 0 Å². The number of carbonyl (C=O) groups excluding carboxylic acids is 1. The van der Waals surface area contributed by atoms with Crippen molar-refractivity contribution in [3.05, 3.63) is 70.6 Å². The van der Waals surface area contributed by atoms with Gasteiger partial charge >= 0.3 is 5.97 Å². The van der Waals surface area contributed by atoms with Crippen molar-refractivity contribution in [3.63, 3.8) is 0 Å². The van der Waals surface area contributed by atoms with Crippen LogP contribution in [0.5, 0.6) is 11.5 Å². The van der Waals surface area contributed by atoms with E-state index in [0.29, 0.717) is 45.7 Å². The van der Waals surface area contributed by atoms with Crippen LogP contribution < -0.4 is 4.74 Å². The molecule has 160 valence electrons. The molecule has 1 amide bonds. The van der Waals surface area contributed by atoms with E-state index in [1.807, 2.05) is 6.92 Å². The van der Waals surface area contributed by atoms with Gasteiger partial charge in [0.05, 0.1) is 22.8 Å². The van der Waals surface area contributed by atoms with Crippen LogP contribution in [0.4, 0.5) is 5.69 Å². The summed E-state index contributed by atoms with van der Waals surface area (Å²) in [6.45, 7) is 5.93. The number of ether oxygens (including phenoxy) is 1. The average Bonchev–Trinajstić information content (AvgIpc) is 2.99. The number of carboxylic acids is 1. The lowest BCUT2D eigenvalue weighted by Crippen LogP contribution is -2.23. The summed E-state index contributed by atoms with van der Waals surface area (Å²) in [4.78, 5) is 30.2. The number of benzene rings is 2. The fourth-order valence-corrected chi connectivity index (χ4v) is 3.96. The molecule has 7 nitrogen and oxygen atoms in total. The maximum Gasteiger partial charge on any atom is 0.335 e. The molecule has 1 saturated heterocycles. The third kappa shape index (κ3) is 4.97. The third-order valence-electron chi connectivity index (χ3n) is 4.46. The van der Waals surface area contributed by atoms with E-state index < -0.39 is 5.97 Å². The van der Waals surface area contributed by atoms with Crippen molar-refractivity contribution in [2.45, 2.75) is 13.3 Å². The van der Waals surface area contributed by atoms with E-state index in [9.17, 15) is 14.7 Å². The van der Waals surface area contributed by atoms with Gasteiger partial charge in [0.25, 0.3) is 5.91 Å². The Labute approximate surface area is 184 Å². The Kier molecular flexibility index (Phi) is 6.81. The molecule has 2 aromatic carbocycles. The summed E-state index contributed by atoms with van der Waals surface area (Å²) < 4.78 is 5.52. The summed E-state index contributed by atoms with van der Waals surface area (Å²) in [7, 11) is 1.61. The molecule has 31 heavy (non-hydrogen) atoms. The maximum absolute atomic E-state index is 12.7. The standard InChI is InChI=1S/C23H22N2O5S/c1-4-7-15-10-14(11-18(20(15)26)30-5-2)12-19-21(27)25(3)23(31-19)24-17-9-6-8-16(13-17)22(28)29/h4,6,8-13,26H,1,5,7H2,2-3H3,(H,28,29)/b19-12+,24-23?. The Morgan fingerprint density at radius 3 is 2.77 bits per heavy atom. The summed E-state index contributed by atoms with van der Waals surface area (Å²) >= 11 is 1.19. The van der Waals surface area contributed by atoms with Crippen molar-refractivity contribution in [1.82, 2.24) is 4.90 Å². The number of amidine groups is 1. The SMILES string of the molecule is C=CCc1cc(/C=C2/SC(=Nc3cccc(C(=O)O)c3)N(C)C2=O)cc(OCC)c1O. The van der Waals surface area contributed by atoms with Crippen LogP contribution in [0.3, 0.4) is 0 Å². The number of aliphatic imine (C=N–C) groups is 1. The minimum Gasteiger partial charge on any atom is -0.504 e. The molecular formula is C23H22N2O5S. The molecule has 0 unspecified atom stereocenters. The molecule has 0 bridgehead atoms. The predicted molar refractivity (Wildman–Crippen MR) is 122 cm³/mol.